The molecular formula is C36H41N7O2. The third kappa shape index (κ3) is 8.01. The number of tetrazole rings is 1. The number of aromatic nitrogens is 4. The number of likely N-dealkylation sites (tertiary alicyclic amines) is 1. The monoisotopic (exact) mass is 603 g/mol. The fourth-order valence-electron chi connectivity index (χ4n) is 5.94. The smallest absolute Gasteiger partial charge is 0.222 e. The maximum atomic E-state index is 13.4. The molecule has 1 N–H and O–H groups in total. The average Bonchev–Trinajstić information content (AvgIpc) is 3.59. The zero-order valence-electron chi connectivity index (χ0n) is 26.1. The molecule has 9 nitrogen and oxygen atoms in total. The Labute approximate surface area is 265 Å². The normalized spacial score (nSPS) is 15.5. The maximum Gasteiger partial charge on any atom is 0.222 e. The molecule has 0 aliphatic carbocycles. The van der Waals surface area contributed by atoms with E-state index in [4.69, 9.17) is 11.7 Å². The van der Waals surface area contributed by atoms with E-state index in [1.807, 2.05) is 65.6 Å². The zero-order valence-corrected chi connectivity index (χ0v) is 26.1. The van der Waals surface area contributed by atoms with Gasteiger partial charge in [-0.25, -0.2) is 4.85 Å². The summed E-state index contributed by atoms with van der Waals surface area (Å²) in [6, 6.07) is 27.2. The predicted molar refractivity (Wildman–Crippen MR) is 173 cm³/mol. The second kappa shape index (κ2) is 14.8. The van der Waals surface area contributed by atoms with Gasteiger partial charge in [0.1, 0.15) is 5.54 Å². The molecule has 0 saturated carbocycles. The summed E-state index contributed by atoms with van der Waals surface area (Å²) in [5.41, 5.74) is 3.37. The molecule has 2 amide bonds. The van der Waals surface area contributed by atoms with Gasteiger partial charge in [-0.15, -0.1) is 10.2 Å². The van der Waals surface area contributed by atoms with Crippen LogP contribution in [-0.4, -0.2) is 50.0 Å². The van der Waals surface area contributed by atoms with Crippen LogP contribution in [0, 0.1) is 12.5 Å². The van der Waals surface area contributed by atoms with Gasteiger partial charge in [0, 0.05) is 32.4 Å². The van der Waals surface area contributed by atoms with E-state index in [1.54, 1.807) is 16.9 Å². The lowest BCUT2D eigenvalue weighted by Crippen LogP contribution is -2.40. The Bertz CT molecular complexity index is 1590. The second-order valence-corrected chi connectivity index (χ2v) is 12.0. The van der Waals surface area contributed by atoms with Gasteiger partial charge in [0.25, 0.3) is 0 Å². The molecule has 232 valence electrons. The van der Waals surface area contributed by atoms with Gasteiger partial charge in [-0.1, -0.05) is 97.4 Å². The van der Waals surface area contributed by atoms with Crippen molar-refractivity contribution in [3.63, 3.8) is 0 Å². The average molecular weight is 604 g/mol. The van der Waals surface area contributed by atoms with Crippen LogP contribution in [0.5, 0.6) is 0 Å². The molecule has 9 heteroatoms. The van der Waals surface area contributed by atoms with E-state index in [0.717, 1.165) is 36.0 Å². The Kier molecular flexibility index (Phi) is 10.4. The SMILES string of the molecule is [C-]#[N+]c1ccc(CCC(=O)N2CCC(CC(=O)NC(Cc3ccccc3)c3nnn(C(C)(CC)c4ccccc4)n3)CC2)cc1. The van der Waals surface area contributed by atoms with Crippen molar-refractivity contribution in [2.75, 3.05) is 13.1 Å². The number of piperidine rings is 1. The van der Waals surface area contributed by atoms with Gasteiger partial charge < -0.3 is 10.2 Å². The van der Waals surface area contributed by atoms with E-state index < -0.39 is 11.6 Å². The number of aryl methyl sites for hydroxylation is 1. The van der Waals surface area contributed by atoms with E-state index in [2.05, 4.69) is 46.5 Å². The van der Waals surface area contributed by atoms with Crippen molar-refractivity contribution in [3.8, 4) is 0 Å². The molecule has 1 fully saturated rings. The van der Waals surface area contributed by atoms with Crippen LogP contribution < -0.4 is 5.32 Å². The number of carbonyl (C=O) groups excluding carboxylic acids is 2. The van der Waals surface area contributed by atoms with Crippen molar-refractivity contribution < 1.29 is 9.59 Å². The number of hydrogen-bond acceptors (Lipinski definition) is 5. The lowest BCUT2D eigenvalue weighted by Gasteiger charge is -2.32. The summed E-state index contributed by atoms with van der Waals surface area (Å²) in [5, 5.41) is 16.9. The Hall–Kier alpha value is -4.84. The number of carbonyl (C=O) groups is 2. The minimum atomic E-state index is -0.470. The highest BCUT2D eigenvalue weighted by atomic mass is 16.2. The molecule has 0 bridgehead atoms. The zero-order chi connectivity index (χ0) is 31.6. The quantitative estimate of drug-likeness (QED) is 0.199. The molecule has 0 spiro atoms. The highest BCUT2D eigenvalue weighted by Crippen LogP contribution is 2.29. The van der Waals surface area contributed by atoms with E-state index in [9.17, 15) is 9.59 Å². The fraction of sp³-hybridized carbons (Fsp3) is 0.389. The number of rotatable bonds is 12. The van der Waals surface area contributed by atoms with Gasteiger partial charge in [-0.05, 0) is 54.9 Å². The van der Waals surface area contributed by atoms with Crippen molar-refractivity contribution >= 4 is 17.5 Å². The van der Waals surface area contributed by atoms with Crippen LogP contribution in [0.15, 0.2) is 84.9 Å². The lowest BCUT2D eigenvalue weighted by atomic mass is 9.90. The minimum absolute atomic E-state index is 0.0405. The molecule has 2 atom stereocenters. The van der Waals surface area contributed by atoms with Gasteiger partial charge in [0.15, 0.2) is 11.5 Å². The van der Waals surface area contributed by atoms with E-state index in [-0.39, 0.29) is 17.7 Å². The number of hydrogen-bond donors (Lipinski definition) is 1. The molecule has 2 unspecified atom stereocenters. The fourth-order valence-corrected chi connectivity index (χ4v) is 5.94. The molecule has 1 aromatic heterocycles. The van der Waals surface area contributed by atoms with E-state index in [1.165, 1.54) is 0 Å². The summed E-state index contributed by atoms with van der Waals surface area (Å²) in [6.07, 6.45) is 4.42. The van der Waals surface area contributed by atoms with Crippen LogP contribution in [0.25, 0.3) is 4.85 Å². The van der Waals surface area contributed by atoms with Gasteiger partial charge in [0.2, 0.25) is 11.8 Å². The third-order valence-corrected chi connectivity index (χ3v) is 9.02. The number of amides is 2. The van der Waals surface area contributed by atoms with Crippen LogP contribution in [0.4, 0.5) is 5.69 Å². The van der Waals surface area contributed by atoms with Gasteiger partial charge in [0.05, 0.1) is 12.6 Å². The molecular weight excluding hydrogens is 562 g/mol. The summed E-state index contributed by atoms with van der Waals surface area (Å²) in [5.74, 6) is 0.796. The summed E-state index contributed by atoms with van der Waals surface area (Å²) < 4.78 is 0. The molecule has 5 rings (SSSR count). The molecule has 45 heavy (non-hydrogen) atoms. The topological polar surface area (TPSA) is 97.4 Å². The van der Waals surface area contributed by atoms with Crippen LogP contribution in [0.2, 0.25) is 0 Å². The van der Waals surface area contributed by atoms with Gasteiger partial charge >= 0.3 is 0 Å². The Morgan fingerprint density at radius 2 is 1.64 bits per heavy atom. The number of nitrogens with one attached hydrogen (secondary N) is 1. The third-order valence-electron chi connectivity index (χ3n) is 9.02. The van der Waals surface area contributed by atoms with Crippen molar-refractivity contribution in [1.82, 2.24) is 30.4 Å². The largest absolute Gasteiger partial charge is 0.346 e. The highest BCUT2D eigenvalue weighted by molar-refractivity contribution is 5.77. The van der Waals surface area contributed by atoms with Gasteiger partial charge in [-0.2, -0.15) is 4.80 Å². The second-order valence-electron chi connectivity index (χ2n) is 12.0. The predicted octanol–water partition coefficient (Wildman–Crippen LogP) is 6.06. The first-order valence-corrected chi connectivity index (χ1v) is 15.8. The lowest BCUT2D eigenvalue weighted by molar-refractivity contribution is -0.132. The maximum absolute atomic E-state index is 13.4. The molecule has 1 saturated heterocycles. The first-order chi connectivity index (χ1) is 21.9. The van der Waals surface area contributed by atoms with Crippen molar-refractivity contribution in [1.29, 1.82) is 0 Å². The molecule has 4 aromatic rings. The minimum Gasteiger partial charge on any atom is -0.346 e. The Morgan fingerprint density at radius 1 is 0.978 bits per heavy atom. The van der Waals surface area contributed by atoms with Crippen LogP contribution in [0.1, 0.15) is 74.5 Å². The molecule has 1 aliphatic rings. The highest BCUT2D eigenvalue weighted by Gasteiger charge is 2.32. The standard InChI is InChI=1S/C36H41N7O2/c1-4-36(2,30-13-9-6-10-14-30)43-40-35(39-41-43)32(25-28-11-7-5-8-12-28)38-33(44)26-29-21-23-42(24-22-29)34(45)20-17-27-15-18-31(37-3)19-16-27/h5-16,18-19,29,32H,4,17,20-26H2,1-2H3,(H,38,44). The molecule has 2 heterocycles. The Balaban J connectivity index is 1.18. The number of nitrogens with zero attached hydrogens (tertiary/aromatic N) is 6. The van der Waals surface area contributed by atoms with Crippen molar-refractivity contribution in [2.45, 2.75) is 70.4 Å². The van der Waals surface area contributed by atoms with E-state index >= 15 is 0 Å². The number of benzene rings is 3. The van der Waals surface area contributed by atoms with E-state index in [0.29, 0.717) is 50.3 Å². The summed E-state index contributed by atoms with van der Waals surface area (Å²) in [6.45, 7) is 12.6. The molecule has 1 aliphatic heterocycles. The van der Waals surface area contributed by atoms with Crippen molar-refractivity contribution in [3.05, 3.63) is 119 Å². The molecule has 3 aromatic carbocycles. The van der Waals surface area contributed by atoms with Crippen LogP contribution in [0.3, 0.4) is 0 Å². The molecule has 0 radical (unpaired) electrons. The van der Waals surface area contributed by atoms with Gasteiger partial charge in [-0.3, -0.25) is 9.59 Å². The first kappa shape index (κ1) is 31.6. The summed E-state index contributed by atoms with van der Waals surface area (Å²) in [4.78, 5) is 33.3. The van der Waals surface area contributed by atoms with Crippen LogP contribution >= 0.6 is 0 Å². The summed E-state index contributed by atoms with van der Waals surface area (Å²) in [7, 11) is 0. The first-order valence-electron chi connectivity index (χ1n) is 15.8. The Morgan fingerprint density at radius 3 is 2.29 bits per heavy atom. The summed E-state index contributed by atoms with van der Waals surface area (Å²) >= 11 is 0. The van der Waals surface area contributed by atoms with Crippen molar-refractivity contribution in [2.24, 2.45) is 5.92 Å². The van der Waals surface area contributed by atoms with Crippen LogP contribution in [-0.2, 0) is 28.0 Å².